The normalized spacial score (nSPS) is 22.8. The molecule has 0 aliphatic heterocycles. The second-order valence-electron chi connectivity index (χ2n) is 4.87. The largest absolute Gasteiger partial charge is 0.361 e. The van der Waals surface area contributed by atoms with Crippen LogP contribution >= 0.6 is 12.2 Å². The zero-order chi connectivity index (χ0) is 12.1. The van der Waals surface area contributed by atoms with Crippen LogP contribution < -0.4 is 16.2 Å². The molecule has 1 amide bonds. The zero-order valence-electron chi connectivity index (χ0n) is 10.2. The molecule has 0 aromatic carbocycles. The van der Waals surface area contributed by atoms with Gasteiger partial charge in [0, 0.05) is 12.5 Å². The maximum absolute atomic E-state index is 11.4. The minimum atomic E-state index is 0.0421. The number of thiocarbonyl (C=S) groups is 1. The molecule has 0 radical (unpaired) electrons. The molecule has 0 bridgehead atoms. The molecule has 1 aliphatic rings. The van der Waals surface area contributed by atoms with Crippen LogP contribution in [0.3, 0.4) is 0 Å². The fourth-order valence-corrected chi connectivity index (χ4v) is 1.57. The van der Waals surface area contributed by atoms with Crippen molar-refractivity contribution in [2.75, 3.05) is 6.54 Å². The summed E-state index contributed by atoms with van der Waals surface area (Å²) >= 11 is 5.02. The van der Waals surface area contributed by atoms with E-state index in [-0.39, 0.29) is 11.8 Å². The van der Waals surface area contributed by atoms with E-state index in [2.05, 4.69) is 36.9 Å². The van der Waals surface area contributed by atoms with Gasteiger partial charge in [-0.15, -0.1) is 0 Å². The van der Waals surface area contributed by atoms with Crippen molar-refractivity contribution in [3.8, 4) is 0 Å². The SMILES string of the molecule is CC(C)CCNC(=S)NNC(=O)[C@@H]1C[C@H]1C. The standard InChI is InChI=1S/C11H21N3OS/c1-7(2)4-5-12-11(16)14-13-10(15)9-6-8(9)3/h7-9H,4-6H2,1-3H3,(H,13,15)(H2,12,14,16)/t8-,9-/m1/s1. The first-order valence-corrected chi connectivity index (χ1v) is 6.25. The second-order valence-corrected chi connectivity index (χ2v) is 5.28. The van der Waals surface area contributed by atoms with E-state index in [0.717, 1.165) is 19.4 Å². The molecule has 2 atom stereocenters. The van der Waals surface area contributed by atoms with E-state index in [9.17, 15) is 4.79 Å². The van der Waals surface area contributed by atoms with Crippen LogP contribution in [-0.2, 0) is 4.79 Å². The lowest BCUT2D eigenvalue weighted by Crippen LogP contribution is -2.47. The Kier molecular flexibility index (Phi) is 4.99. The van der Waals surface area contributed by atoms with Crippen LogP contribution in [-0.4, -0.2) is 17.6 Å². The van der Waals surface area contributed by atoms with Gasteiger partial charge in [0.2, 0.25) is 5.91 Å². The van der Waals surface area contributed by atoms with E-state index in [1.807, 2.05) is 0 Å². The molecule has 0 heterocycles. The van der Waals surface area contributed by atoms with Gasteiger partial charge >= 0.3 is 0 Å². The first-order valence-electron chi connectivity index (χ1n) is 5.84. The molecule has 0 saturated heterocycles. The predicted molar refractivity (Wildman–Crippen MR) is 68.6 cm³/mol. The zero-order valence-corrected chi connectivity index (χ0v) is 11.0. The van der Waals surface area contributed by atoms with Crippen molar-refractivity contribution in [3.63, 3.8) is 0 Å². The summed E-state index contributed by atoms with van der Waals surface area (Å²) in [5, 5.41) is 3.53. The lowest BCUT2D eigenvalue weighted by atomic mass is 10.1. The number of rotatable bonds is 4. The maximum atomic E-state index is 11.4. The summed E-state index contributed by atoms with van der Waals surface area (Å²) in [7, 11) is 0. The molecule has 5 heteroatoms. The van der Waals surface area contributed by atoms with Crippen molar-refractivity contribution in [1.82, 2.24) is 16.2 Å². The van der Waals surface area contributed by atoms with Gasteiger partial charge in [-0.25, -0.2) is 0 Å². The molecule has 92 valence electrons. The fraction of sp³-hybridized carbons (Fsp3) is 0.818. The van der Waals surface area contributed by atoms with Crippen molar-refractivity contribution in [1.29, 1.82) is 0 Å². The molecule has 16 heavy (non-hydrogen) atoms. The van der Waals surface area contributed by atoms with Crippen molar-refractivity contribution in [3.05, 3.63) is 0 Å². The van der Waals surface area contributed by atoms with Gasteiger partial charge in [0.1, 0.15) is 0 Å². The third-order valence-electron chi connectivity index (χ3n) is 2.75. The highest BCUT2D eigenvalue weighted by atomic mass is 32.1. The van der Waals surface area contributed by atoms with Gasteiger partial charge in [-0.05, 0) is 36.9 Å². The van der Waals surface area contributed by atoms with Crippen molar-refractivity contribution in [2.45, 2.75) is 33.6 Å². The fourth-order valence-electron chi connectivity index (χ4n) is 1.42. The van der Waals surface area contributed by atoms with Crippen molar-refractivity contribution < 1.29 is 4.79 Å². The monoisotopic (exact) mass is 243 g/mol. The van der Waals surface area contributed by atoms with Crippen LogP contribution in [0.2, 0.25) is 0 Å². The lowest BCUT2D eigenvalue weighted by molar-refractivity contribution is -0.123. The Labute approximate surface area is 103 Å². The van der Waals surface area contributed by atoms with Crippen molar-refractivity contribution in [2.24, 2.45) is 17.8 Å². The number of hydrogen-bond donors (Lipinski definition) is 3. The van der Waals surface area contributed by atoms with Crippen LogP contribution in [0.1, 0.15) is 33.6 Å². The topological polar surface area (TPSA) is 53.2 Å². The Hall–Kier alpha value is -0.840. The number of hydrazine groups is 1. The van der Waals surface area contributed by atoms with Crippen LogP contribution in [0.25, 0.3) is 0 Å². The molecule has 4 nitrogen and oxygen atoms in total. The molecule has 0 spiro atoms. The molecule has 1 fully saturated rings. The number of amides is 1. The molecular weight excluding hydrogens is 222 g/mol. The number of nitrogens with one attached hydrogen (secondary N) is 3. The van der Waals surface area contributed by atoms with Crippen LogP contribution in [0.15, 0.2) is 0 Å². The lowest BCUT2D eigenvalue weighted by Gasteiger charge is -2.12. The van der Waals surface area contributed by atoms with Crippen LogP contribution in [0.4, 0.5) is 0 Å². The quantitative estimate of drug-likeness (QED) is 0.513. The highest BCUT2D eigenvalue weighted by molar-refractivity contribution is 7.80. The minimum Gasteiger partial charge on any atom is -0.361 e. The van der Waals surface area contributed by atoms with Crippen LogP contribution in [0, 0.1) is 17.8 Å². The van der Waals surface area contributed by atoms with E-state index in [4.69, 9.17) is 12.2 Å². The van der Waals surface area contributed by atoms with Gasteiger partial charge < -0.3 is 5.32 Å². The summed E-state index contributed by atoms with van der Waals surface area (Å²) in [6.45, 7) is 7.23. The summed E-state index contributed by atoms with van der Waals surface area (Å²) in [4.78, 5) is 11.4. The van der Waals surface area contributed by atoms with E-state index in [0.29, 0.717) is 16.9 Å². The maximum Gasteiger partial charge on any atom is 0.241 e. The highest BCUT2D eigenvalue weighted by Crippen LogP contribution is 2.37. The summed E-state index contributed by atoms with van der Waals surface area (Å²) in [5.41, 5.74) is 5.34. The highest BCUT2D eigenvalue weighted by Gasteiger charge is 2.39. The Morgan fingerprint density at radius 2 is 2.06 bits per heavy atom. The molecule has 1 rings (SSSR count). The molecule has 0 aromatic heterocycles. The Morgan fingerprint density at radius 3 is 2.56 bits per heavy atom. The van der Waals surface area contributed by atoms with Gasteiger partial charge in [-0.1, -0.05) is 20.8 Å². The second kappa shape index (κ2) is 6.03. The molecule has 1 saturated carbocycles. The summed E-state index contributed by atoms with van der Waals surface area (Å²) < 4.78 is 0. The van der Waals surface area contributed by atoms with E-state index >= 15 is 0 Å². The first-order chi connectivity index (χ1) is 7.50. The first kappa shape index (κ1) is 13.2. The van der Waals surface area contributed by atoms with Gasteiger partial charge in [0.25, 0.3) is 0 Å². The third kappa shape index (κ3) is 4.79. The Balaban J connectivity index is 2.04. The minimum absolute atomic E-state index is 0.0421. The van der Waals surface area contributed by atoms with Gasteiger partial charge in [0.15, 0.2) is 5.11 Å². The van der Waals surface area contributed by atoms with E-state index < -0.39 is 0 Å². The molecule has 0 aromatic rings. The smallest absolute Gasteiger partial charge is 0.241 e. The van der Waals surface area contributed by atoms with Gasteiger partial charge in [0.05, 0.1) is 0 Å². The summed E-state index contributed by atoms with van der Waals surface area (Å²) in [6, 6.07) is 0. The van der Waals surface area contributed by atoms with Gasteiger partial charge in [-0.3, -0.25) is 15.6 Å². The summed E-state index contributed by atoms with van der Waals surface area (Å²) in [6.07, 6.45) is 2.05. The molecule has 0 unspecified atom stereocenters. The molecular formula is C11H21N3OS. The number of carbonyl (C=O) groups is 1. The Bertz CT molecular complexity index is 268. The predicted octanol–water partition coefficient (Wildman–Crippen LogP) is 1.18. The Morgan fingerprint density at radius 1 is 1.44 bits per heavy atom. The van der Waals surface area contributed by atoms with Crippen LogP contribution in [0.5, 0.6) is 0 Å². The van der Waals surface area contributed by atoms with Crippen molar-refractivity contribution >= 4 is 23.2 Å². The third-order valence-corrected chi connectivity index (χ3v) is 3.00. The number of carbonyl (C=O) groups excluding carboxylic acids is 1. The van der Waals surface area contributed by atoms with E-state index in [1.54, 1.807) is 0 Å². The average molecular weight is 243 g/mol. The number of hydrogen-bond acceptors (Lipinski definition) is 2. The van der Waals surface area contributed by atoms with E-state index in [1.165, 1.54) is 0 Å². The average Bonchev–Trinajstić information content (AvgIpc) is 2.91. The summed E-state index contributed by atoms with van der Waals surface area (Å²) in [5.74, 6) is 1.38. The molecule has 3 N–H and O–H groups in total. The molecule has 1 aliphatic carbocycles. The van der Waals surface area contributed by atoms with Gasteiger partial charge in [-0.2, -0.15) is 0 Å².